The van der Waals surface area contributed by atoms with Crippen LogP contribution >= 0.6 is 0 Å². The Kier molecular flexibility index (Phi) is 6.29. The van der Waals surface area contributed by atoms with Gasteiger partial charge in [-0.2, -0.15) is 0 Å². The molecule has 0 spiro atoms. The molecule has 0 saturated carbocycles. The maximum atomic E-state index is 12.8. The van der Waals surface area contributed by atoms with E-state index < -0.39 is 17.8 Å². The molecule has 2 aromatic carbocycles. The summed E-state index contributed by atoms with van der Waals surface area (Å²) in [5.74, 6) is -1.08. The van der Waals surface area contributed by atoms with Crippen LogP contribution in [0.1, 0.15) is 25.0 Å². The third-order valence-electron chi connectivity index (χ3n) is 4.36. The van der Waals surface area contributed by atoms with Crippen LogP contribution in [0.4, 0.5) is 5.69 Å². The summed E-state index contributed by atoms with van der Waals surface area (Å²) in [4.78, 5) is 36.7. The highest BCUT2D eigenvalue weighted by Gasteiger charge is 2.34. The summed E-state index contributed by atoms with van der Waals surface area (Å²) in [6, 6.07) is 14.2. The van der Waals surface area contributed by atoms with Crippen molar-refractivity contribution in [1.29, 1.82) is 0 Å². The minimum Gasteiger partial charge on any atom is -0.481 e. The van der Waals surface area contributed by atoms with Crippen molar-refractivity contribution in [3.63, 3.8) is 0 Å². The van der Waals surface area contributed by atoms with E-state index in [0.717, 1.165) is 12.0 Å². The van der Waals surface area contributed by atoms with Gasteiger partial charge >= 0.3 is 5.97 Å². The largest absolute Gasteiger partial charge is 0.481 e. The number of carbonyl (C=O) groups excluding carboxylic acids is 3. The van der Waals surface area contributed by atoms with E-state index in [1.54, 1.807) is 43.3 Å². The number of carbonyl (C=O) groups is 3. The van der Waals surface area contributed by atoms with Gasteiger partial charge in [0.25, 0.3) is 11.8 Å². The number of nitrogens with zero attached hydrogens (tertiary/aromatic N) is 1. The molecule has 1 saturated heterocycles. The number of anilines is 1. The van der Waals surface area contributed by atoms with Crippen molar-refractivity contribution in [2.45, 2.75) is 20.3 Å². The zero-order valence-electron chi connectivity index (χ0n) is 16.3. The molecule has 0 radical (unpaired) electrons. The number of nitrogens with one attached hydrogen (secondary N) is 1. The summed E-state index contributed by atoms with van der Waals surface area (Å²) >= 11 is 0. The zero-order chi connectivity index (χ0) is 20.8. The van der Waals surface area contributed by atoms with Crippen molar-refractivity contribution in [1.82, 2.24) is 5.43 Å². The molecule has 1 aliphatic rings. The first kappa shape index (κ1) is 20.1. The van der Waals surface area contributed by atoms with E-state index in [4.69, 9.17) is 9.47 Å². The number of amides is 2. The van der Waals surface area contributed by atoms with Gasteiger partial charge in [-0.15, -0.1) is 0 Å². The van der Waals surface area contributed by atoms with Gasteiger partial charge in [0.1, 0.15) is 11.3 Å². The number of esters is 1. The second-order valence-corrected chi connectivity index (χ2v) is 6.29. The van der Waals surface area contributed by atoms with Crippen molar-refractivity contribution in [3.8, 4) is 5.75 Å². The fourth-order valence-electron chi connectivity index (χ4n) is 2.85. The number of hydrogen-bond acceptors (Lipinski definition) is 5. The fourth-order valence-corrected chi connectivity index (χ4v) is 2.85. The zero-order valence-corrected chi connectivity index (χ0v) is 16.3. The summed E-state index contributed by atoms with van der Waals surface area (Å²) in [6.45, 7) is 3.75. The van der Waals surface area contributed by atoms with Crippen LogP contribution < -0.4 is 15.2 Å². The number of rotatable bonds is 7. The lowest BCUT2D eigenvalue weighted by atomic mass is 10.1. The minimum absolute atomic E-state index is 0.0169. The lowest BCUT2D eigenvalue weighted by Crippen LogP contribution is -2.35. The quantitative estimate of drug-likeness (QED) is 0.443. The van der Waals surface area contributed by atoms with E-state index in [0.29, 0.717) is 17.0 Å². The summed E-state index contributed by atoms with van der Waals surface area (Å²) in [6.07, 6.45) is 2.34. The third kappa shape index (κ3) is 4.63. The Morgan fingerprint density at radius 1 is 1.07 bits per heavy atom. The highest BCUT2D eigenvalue weighted by Crippen LogP contribution is 2.25. The van der Waals surface area contributed by atoms with Gasteiger partial charge < -0.3 is 9.47 Å². The van der Waals surface area contributed by atoms with E-state index in [1.807, 2.05) is 19.1 Å². The smallest absolute Gasteiger partial charge is 0.344 e. The van der Waals surface area contributed by atoms with Crippen LogP contribution in [-0.4, -0.2) is 31.0 Å². The molecule has 0 atom stereocenters. The molecule has 1 heterocycles. The fraction of sp³-hybridized carbons (Fsp3) is 0.227. The number of ether oxygens (including phenoxy) is 2. The number of para-hydroxylation sites is 1. The molecular weight excluding hydrogens is 372 g/mol. The molecule has 29 heavy (non-hydrogen) atoms. The summed E-state index contributed by atoms with van der Waals surface area (Å²) < 4.78 is 10.3. The Morgan fingerprint density at radius 3 is 2.48 bits per heavy atom. The molecule has 0 aliphatic carbocycles. The SMILES string of the molecule is CCOC(=O)COc1ccccc1/C=C1\C(=O)NN(c2ccc(CC)cc2)C1=O. The summed E-state index contributed by atoms with van der Waals surface area (Å²) in [7, 11) is 0. The average Bonchev–Trinajstić information content (AvgIpc) is 3.01. The van der Waals surface area contributed by atoms with Gasteiger partial charge in [-0.25, -0.2) is 9.80 Å². The lowest BCUT2D eigenvalue weighted by Gasteiger charge is -2.14. The lowest BCUT2D eigenvalue weighted by molar-refractivity contribution is -0.145. The van der Waals surface area contributed by atoms with Crippen LogP contribution in [-0.2, 0) is 25.5 Å². The van der Waals surface area contributed by atoms with Crippen LogP contribution in [0.3, 0.4) is 0 Å². The van der Waals surface area contributed by atoms with E-state index in [2.05, 4.69) is 5.43 Å². The predicted octanol–water partition coefficient (Wildman–Crippen LogP) is 2.65. The summed E-state index contributed by atoms with van der Waals surface area (Å²) in [5.41, 5.74) is 4.79. The molecule has 1 fully saturated rings. The van der Waals surface area contributed by atoms with E-state index in [9.17, 15) is 14.4 Å². The average molecular weight is 394 g/mol. The molecule has 0 unspecified atom stereocenters. The monoisotopic (exact) mass is 394 g/mol. The Morgan fingerprint density at radius 2 is 1.79 bits per heavy atom. The minimum atomic E-state index is -0.505. The molecular formula is C22H22N2O5. The topological polar surface area (TPSA) is 84.9 Å². The maximum Gasteiger partial charge on any atom is 0.344 e. The van der Waals surface area contributed by atoms with Crippen molar-refractivity contribution < 1.29 is 23.9 Å². The normalized spacial score (nSPS) is 14.8. The van der Waals surface area contributed by atoms with Gasteiger partial charge in [-0.3, -0.25) is 15.0 Å². The van der Waals surface area contributed by atoms with Gasteiger partial charge in [0.05, 0.1) is 12.3 Å². The molecule has 2 aromatic rings. The van der Waals surface area contributed by atoms with Crippen molar-refractivity contribution in [3.05, 3.63) is 65.2 Å². The van der Waals surface area contributed by atoms with E-state index in [-0.39, 0.29) is 18.8 Å². The van der Waals surface area contributed by atoms with Crippen LogP contribution in [0.25, 0.3) is 6.08 Å². The predicted molar refractivity (Wildman–Crippen MR) is 108 cm³/mol. The van der Waals surface area contributed by atoms with Crippen LogP contribution in [0.15, 0.2) is 54.1 Å². The molecule has 7 nitrogen and oxygen atoms in total. The second kappa shape index (κ2) is 9.05. The molecule has 0 bridgehead atoms. The Hall–Kier alpha value is -3.61. The number of hydrogen-bond donors (Lipinski definition) is 1. The van der Waals surface area contributed by atoms with Crippen LogP contribution in [0.2, 0.25) is 0 Å². The van der Waals surface area contributed by atoms with Gasteiger partial charge in [0, 0.05) is 5.56 Å². The maximum absolute atomic E-state index is 12.8. The van der Waals surface area contributed by atoms with Crippen LogP contribution in [0, 0.1) is 0 Å². The molecule has 1 aliphatic heterocycles. The van der Waals surface area contributed by atoms with Crippen LogP contribution in [0.5, 0.6) is 5.75 Å². The first-order valence-electron chi connectivity index (χ1n) is 9.37. The highest BCUT2D eigenvalue weighted by molar-refractivity contribution is 6.31. The molecule has 150 valence electrons. The second-order valence-electron chi connectivity index (χ2n) is 6.29. The third-order valence-corrected chi connectivity index (χ3v) is 4.36. The van der Waals surface area contributed by atoms with Gasteiger partial charge in [-0.05, 0) is 43.2 Å². The molecule has 3 rings (SSSR count). The Bertz CT molecular complexity index is 950. The van der Waals surface area contributed by atoms with E-state index >= 15 is 0 Å². The van der Waals surface area contributed by atoms with E-state index in [1.165, 1.54) is 11.1 Å². The highest BCUT2D eigenvalue weighted by atomic mass is 16.6. The number of aryl methyl sites for hydroxylation is 1. The van der Waals surface area contributed by atoms with Crippen molar-refractivity contribution in [2.24, 2.45) is 0 Å². The molecule has 1 N–H and O–H groups in total. The Labute approximate surface area is 168 Å². The molecule has 7 heteroatoms. The number of benzene rings is 2. The van der Waals surface area contributed by atoms with Crippen molar-refractivity contribution in [2.75, 3.05) is 18.2 Å². The van der Waals surface area contributed by atoms with Gasteiger partial charge in [0.15, 0.2) is 6.61 Å². The summed E-state index contributed by atoms with van der Waals surface area (Å²) in [5, 5.41) is 1.22. The standard InChI is InChI=1S/C22H22N2O5/c1-3-15-9-11-17(12-10-15)24-22(27)18(21(26)23-24)13-16-7-5-6-8-19(16)29-14-20(25)28-4-2/h5-13H,3-4,14H2,1-2H3,(H,23,26)/b18-13+. The molecule has 0 aromatic heterocycles. The number of hydrazine groups is 1. The first-order valence-corrected chi connectivity index (χ1v) is 9.37. The Balaban J connectivity index is 1.82. The van der Waals surface area contributed by atoms with Gasteiger partial charge in [-0.1, -0.05) is 37.3 Å². The van der Waals surface area contributed by atoms with Crippen molar-refractivity contribution >= 4 is 29.5 Å². The first-order chi connectivity index (χ1) is 14.0. The van der Waals surface area contributed by atoms with Gasteiger partial charge in [0.2, 0.25) is 0 Å². The molecule has 2 amide bonds.